The van der Waals surface area contributed by atoms with E-state index in [1.165, 1.54) is 0 Å². The van der Waals surface area contributed by atoms with Crippen LogP contribution in [0, 0.1) is 0 Å². The molecule has 0 amide bonds. The molecule has 3 aromatic heterocycles. The van der Waals surface area contributed by atoms with Crippen molar-refractivity contribution in [3.63, 3.8) is 0 Å². The predicted octanol–water partition coefficient (Wildman–Crippen LogP) is 1.50. The summed E-state index contributed by atoms with van der Waals surface area (Å²) >= 11 is 0. The molecule has 0 N–H and O–H groups in total. The molecule has 0 aliphatic heterocycles. The molecule has 3 heterocycles. The standard InChI is InChI=1S/C8H6N2.C3H3N3/c1-3-7-4-2-6-10-8(7)9-5-1;1-2-4-6-5-3-1/h1-6H;1-3H. The lowest BCUT2D eigenvalue weighted by Crippen LogP contribution is -1.78. The summed E-state index contributed by atoms with van der Waals surface area (Å²) in [6, 6.07) is 9.52. The highest BCUT2D eigenvalue weighted by atomic mass is 15.3. The van der Waals surface area contributed by atoms with Gasteiger partial charge in [-0.25, -0.2) is 9.97 Å². The third-order valence-corrected chi connectivity index (χ3v) is 1.78. The van der Waals surface area contributed by atoms with Gasteiger partial charge in [0.25, 0.3) is 0 Å². The van der Waals surface area contributed by atoms with E-state index in [4.69, 9.17) is 0 Å². The highest BCUT2D eigenvalue weighted by molar-refractivity contribution is 5.73. The maximum Gasteiger partial charge on any atom is 0.159 e. The summed E-state index contributed by atoms with van der Waals surface area (Å²) in [7, 11) is 0. The lowest BCUT2D eigenvalue weighted by Gasteiger charge is -1.90. The molecular weight excluding hydrogens is 202 g/mol. The topological polar surface area (TPSA) is 64.5 Å². The van der Waals surface area contributed by atoms with Crippen molar-refractivity contribution in [1.29, 1.82) is 0 Å². The van der Waals surface area contributed by atoms with Gasteiger partial charge in [-0.15, -0.1) is 10.2 Å². The van der Waals surface area contributed by atoms with Gasteiger partial charge in [0.05, 0.1) is 12.4 Å². The second-order valence-electron chi connectivity index (χ2n) is 2.86. The van der Waals surface area contributed by atoms with Crippen LogP contribution in [0.2, 0.25) is 0 Å². The van der Waals surface area contributed by atoms with Gasteiger partial charge in [-0.1, -0.05) is 0 Å². The third kappa shape index (κ3) is 2.78. The van der Waals surface area contributed by atoms with E-state index in [0.717, 1.165) is 11.0 Å². The Bertz CT molecular complexity index is 449. The van der Waals surface area contributed by atoms with Crippen molar-refractivity contribution < 1.29 is 0 Å². The van der Waals surface area contributed by atoms with Gasteiger partial charge in [0.15, 0.2) is 5.65 Å². The van der Waals surface area contributed by atoms with Crippen LogP contribution >= 0.6 is 0 Å². The average Bonchev–Trinajstić information content (AvgIpc) is 2.42. The first-order valence-corrected chi connectivity index (χ1v) is 4.71. The first-order valence-electron chi connectivity index (χ1n) is 4.71. The highest BCUT2D eigenvalue weighted by Gasteiger charge is 1.88. The van der Waals surface area contributed by atoms with E-state index in [2.05, 4.69) is 25.4 Å². The molecule has 0 radical (unpaired) electrons. The van der Waals surface area contributed by atoms with Crippen LogP contribution in [0.5, 0.6) is 0 Å². The monoisotopic (exact) mass is 211 g/mol. The molecule has 0 aliphatic rings. The lowest BCUT2D eigenvalue weighted by atomic mass is 10.3. The fourth-order valence-electron chi connectivity index (χ4n) is 1.11. The molecule has 0 unspecified atom stereocenters. The summed E-state index contributed by atoms with van der Waals surface area (Å²) in [5.74, 6) is 0. The van der Waals surface area contributed by atoms with Gasteiger partial charge in [0.1, 0.15) is 0 Å². The van der Waals surface area contributed by atoms with Crippen molar-refractivity contribution in [3.05, 3.63) is 55.1 Å². The highest BCUT2D eigenvalue weighted by Crippen LogP contribution is 2.04. The molecule has 0 atom stereocenters. The van der Waals surface area contributed by atoms with Gasteiger partial charge in [-0.2, -0.15) is 0 Å². The van der Waals surface area contributed by atoms with Crippen LogP contribution < -0.4 is 0 Å². The number of aromatic nitrogens is 5. The molecule has 0 bridgehead atoms. The average molecular weight is 211 g/mol. The quantitative estimate of drug-likeness (QED) is 0.563. The van der Waals surface area contributed by atoms with Gasteiger partial charge >= 0.3 is 0 Å². The Morgan fingerprint density at radius 3 is 1.69 bits per heavy atom. The second kappa shape index (κ2) is 5.45. The summed E-state index contributed by atoms with van der Waals surface area (Å²) < 4.78 is 0. The number of hydrogen-bond donors (Lipinski definition) is 0. The van der Waals surface area contributed by atoms with Gasteiger partial charge < -0.3 is 0 Å². The van der Waals surface area contributed by atoms with E-state index in [0.29, 0.717) is 0 Å². The Morgan fingerprint density at radius 2 is 1.31 bits per heavy atom. The Hall–Kier alpha value is -2.43. The molecule has 0 fully saturated rings. The van der Waals surface area contributed by atoms with E-state index in [-0.39, 0.29) is 0 Å². The van der Waals surface area contributed by atoms with E-state index in [9.17, 15) is 0 Å². The van der Waals surface area contributed by atoms with Crippen LogP contribution in [0.15, 0.2) is 55.1 Å². The number of fused-ring (bicyclic) bond motifs is 1. The van der Waals surface area contributed by atoms with E-state index < -0.39 is 0 Å². The number of hydrogen-bond acceptors (Lipinski definition) is 5. The Kier molecular flexibility index (Phi) is 3.44. The normalized spacial score (nSPS) is 9.25. The molecule has 5 heteroatoms. The molecule has 0 saturated carbocycles. The maximum atomic E-state index is 4.07. The van der Waals surface area contributed by atoms with Crippen LogP contribution in [0.3, 0.4) is 0 Å². The van der Waals surface area contributed by atoms with Crippen molar-refractivity contribution in [3.8, 4) is 0 Å². The van der Waals surface area contributed by atoms with E-state index >= 15 is 0 Å². The van der Waals surface area contributed by atoms with Gasteiger partial charge in [-0.05, 0) is 35.5 Å². The second-order valence-corrected chi connectivity index (χ2v) is 2.86. The first kappa shape index (κ1) is 10.1. The smallest absolute Gasteiger partial charge is 0.159 e. The van der Waals surface area contributed by atoms with Crippen LogP contribution in [0.1, 0.15) is 0 Å². The van der Waals surface area contributed by atoms with Crippen LogP contribution in [0.25, 0.3) is 11.0 Å². The van der Waals surface area contributed by atoms with Crippen LogP contribution in [0.4, 0.5) is 0 Å². The Labute approximate surface area is 92.2 Å². The maximum absolute atomic E-state index is 4.07. The zero-order chi connectivity index (χ0) is 11.1. The van der Waals surface area contributed by atoms with Crippen molar-refractivity contribution in [1.82, 2.24) is 25.4 Å². The molecule has 5 nitrogen and oxygen atoms in total. The largest absolute Gasteiger partial charge is 0.237 e. The van der Waals surface area contributed by atoms with Gasteiger partial charge in [-0.3, -0.25) is 0 Å². The summed E-state index contributed by atoms with van der Waals surface area (Å²) in [5, 5.41) is 11.2. The lowest BCUT2D eigenvalue weighted by molar-refractivity contribution is 0.865. The molecular formula is C11H9N5. The SMILES string of the molecule is c1cnc2ncccc2c1.c1cnnnc1. The molecule has 0 spiro atoms. The van der Waals surface area contributed by atoms with Gasteiger partial charge in [0.2, 0.25) is 0 Å². The molecule has 0 aromatic carbocycles. The summed E-state index contributed by atoms with van der Waals surface area (Å²) in [6.45, 7) is 0. The minimum absolute atomic E-state index is 0.810. The Morgan fingerprint density at radius 1 is 0.688 bits per heavy atom. The minimum atomic E-state index is 0.810. The van der Waals surface area contributed by atoms with Crippen LogP contribution in [-0.2, 0) is 0 Å². The molecule has 3 rings (SSSR count). The van der Waals surface area contributed by atoms with Crippen molar-refractivity contribution in [2.24, 2.45) is 0 Å². The molecule has 0 saturated heterocycles. The van der Waals surface area contributed by atoms with Crippen molar-refractivity contribution >= 4 is 11.0 Å². The first-order chi connectivity index (χ1) is 7.97. The molecule has 3 aromatic rings. The van der Waals surface area contributed by atoms with E-state index in [1.54, 1.807) is 30.9 Å². The zero-order valence-electron chi connectivity index (χ0n) is 8.43. The number of pyridine rings is 2. The predicted molar refractivity (Wildman–Crippen MR) is 59.4 cm³/mol. The molecule has 78 valence electrons. The van der Waals surface area contributed by atoms with E-state index in [1.807, 2.05) is 24.3 Å². The summed E-state index contributed by atoms with van der Waals surface area (Å²) in [5.41, 5.74) is 0.810. The fraction of sp³-hybridized carbons (Fsp3) is 0. The minimum Gasteiger partial charge on any atom is -0.237 e. The fourth-order valence-corrected chi connectivity index (χ4v) is 1.11. The van der Waals surface area contributed by atoms with Crippen molar-refractivity contribution in [2.45, 2.75) is 0 Å². The summed E-state index contributed by atoms with van der Waals surface area (Å²) in [6.07, 6.45) is 6.64. The van der Waals surface area contributed by atoms with Gasteiger partial charge in [0, 0.05) is 17.8 Å². The number of nitrogens with zero attached hydrogens (tertiary/aromatic N) is 5. The Balaban J connectivity index is 0.000000138. The molecule has 0 aliphatic carbocycles. The zero-order valence-corrected chi connectivity index (χ0v) is 8.43. The van der Waals surface area contributed by atoms with Crippen LogP contribution in [-0.4, -0.2) is 25.4 Å². The van der Waals surface area contributed by atoms with Crippen molar-refractivity contribution in [2.75, 3.05) is 0 Å². The molecule has 16 heavy (non-hydrogen) atoms. The summed E-state index contributed by atoms with van der Waals surface area (Å²) in [4.78, 5) is 8.14. The third-order valence-electron chi connectivity index (χ3n) is 1.78. The number of rotatable bonds is 0.